The summed E-state index contributed by atoms with van der Waals surface area (Å²) in [6.07, 6.45) is 3.74. The first-order valence-corrected chi connectivity index (χ1v) is 16.6. The summed E-state index contributed by atoms with van der Waals surface area (Å²) < 4.78 is 2.67. The molecule has 0 saturated carbocycles. The van der Waals surface area contributed by atoms with Crippen molar-refractivity contribution in [2.45, 2.75) is 52.4 Å². The maximum Gasteiger partial charge on any atom is 0.0434 e. The molecule has 0 fully saturated rings. The highest BCUT2D eigenvalue weighted by Crippen LogP contribution is 2.46. The van der Waals surface area contributed by atoms with E-state index in [1.807, 2.05) is 29.8 Å². The number of pyridine rings is 1. The number of hydrogen-bond acceptors (Lipinski definition) is 2. The molecule has 0 aliphatic heterocycles. The van der Waals surface area contributed by atoms with E-state index in [1.165, 1.54) is 70.2 Å². The van der Waals surface area contributed by atoms with Gasteiger partial charge in [0.1, 0.15) is 0 Å². The number of fused-ring (bicyclic) bond motifs is 3. The van der Waals surface area contributed by atoms with E-state index in [0.29, 0.717) is 0 Å². The van der Waals surface area contributed by atoms with Gasteiger partial charge in [0.25, 0.3) is 0 Å². The summed E-state index contributed by atoms with van der Waals surface area (Å²) in [5.74, 6) is 0. The van der Waals surface area contributed by atoms with Gasteiger partial charge in [-0.3, -0.25) is 4.98 Å². The second-order valence-corrected chi connectivity index (χ2v) is 15.2. The molecule has 0 saturated heterocycles. The molecule has 7 rings (SSSR count). The first-order chi connectivity index (χ1) is 21.6. The van der Waals surface area contributed by atoms with Crippen molar-refractivity contribution in [3.8, 4) is 44.5 Å². The molecule has 7 aromatic rings. The van der Waals surface area contributed by atoms with E-state index < -0.39 is 0 Å². The lowest BCUT2D eigenvalue weighted by Crippen LogP contribution is -2.16. The van der Waals surface area contributed by atoms with Crippen LogP contribution in [0.2, 0.25) is 0 Å². The molecule has 2 aromatic heterocycles. The quantitative estimate of drug-likeness (QED) is 0.196. The fraction of sp³-hybridized carbons (Fsp3) is 0.186. The van der Waals surface area contributed by atoms with Gasteiger partial charge in [0.05, 0.1) is 0 Å². The largest absolute Gasteiger partial charge is 0.264 e. The Morgan fingerprint density at radius 1 is 0.444 bits per heavy atom. The molecule has 2 heterocycles. The van der Waals surface area contributed by atoms with Gasteiger partial charge in [-0.1, -0.05) is 151 Å². The summed E-state index contributed by atoms with van der Waals surface area (Å²) in [6.45, 7) is 13.9. The van der Waals surface area contributed by atoms with Crippen molar-refractivity contribution in [1.29, 1.82) is 0 Å². The zero-order valence-corrected chi connectivity index (χ0v) is 27.8. The Morgan fingerprint density at radius 2 is 1.00 bits per heavy atom. The maximum absolute atomic E-state index is 4.30. The standard InChI is InChI=1S/C43H39NS/c1-42(2,3)32-24-31(25-33(26-32)43(4,5)6)34-13-7-8-14-36(34)37-16-10-18-39-38-17-9-15-35(40(38)45-41(37)39)29-21-19-28(20-22-29)30-12-11-23-44-27-30/h7-27H,1-6H3. The second-order valence-electron chi connectivity index (χ2n) is 14.1. The molecule has 5 aromatic carbocycles. The number of hydrogen-bond donors (Lipinski definition) is 0. The van der Waals surface area contributed by atoms with E-state index in [0.717, 1.165) is 5.56 Å². The van der Waals surface area contributed by atoms with Gasteiger partial charge < -0.3 is 0 Å². The molecule has 222 valence electrons. The fourth-order valence-corrected chi connectivity index (χ4v) is 7.62. The molecule has 0 spiro atoms. The van der Waals surface area contributed by atoms with Gasteiger partial charge in [-0.2, -0.15) is 0 Å². The Hall–Kier alpha value is -4.53. The molecule has 0 aliphatic carbocycles. The number of aromatic nitrogens is 1. The van der Waals surface area contributed by atoms with Crippen molar-refractivity contribution in [2.75, 3.05) is 0 Å². The molecular formula is C43H39NS. The van der Waals surface area contributed by atoms with Crippen LogP contribution in [0.5, 0.6) is 0 Å². The summed E-state index contributed by atoms with van der Waals surface area (Å²) in [4.78, 5) is 4.30. The normalized spacial score (nSPS) is 12.2. The minimum atomic E-state index is 0.0586. The smallest absolute Gasteiger partial charge is 0.0434 e. The molecule has 0 radical (unpaired) electrons. The van der Waals surface area contributed by atoms with Gasteiger partial charge in [0.15, 0.2) is 0 Å². The van der Waals surface area contributed by atoms with Crippen LogP contribution in [0.15, 0.2) is 128 Å². The molecular weight excluding hydrogens is 563 g/mol. The lowest BCUT2D eigenvalue weighted by molar-refractivity contribution is 0.569. The Balaban J connectivity index is 1.39. The first kappa shape index (κ1) is 29.2. The average molecular weight is 602 g/mol. The van der Waals surface area contributed by atoms with Crippen LogP contribution in [0.3, 0.4) is 0 Å². The zero-order valence-electron chi connectivity index (χ0n) is 27.0. The highest BCUT2D eigenvalue weighted by Gasteiger charge is 2.22. The zero-order chi connectivity index (χ0) is 31.3. The topological polar surface area (TPSA) is 12.9 Å². The van der Waals surface area contributed by atoms with E-state index in [4.69, 9.17) is 0 Å². The van der Waals surface area contributed by atoms with Crippen molar-refractivity contribution in [1.82, 2.24) is 4.98 Å². The minimum Gasteiger partial charge on any atom is -0.264 e. The van der Waals surface area contributed by atoms with Crippen LogP contribution < -0.4 is 0 Å². The number of benzene rings is 5. The lowest BCUT2D eigenvalue weighted by atomic mass is 9.78. The molecule has 0 unspecified atom stereocenters. The minimum absolute atomic E-state index is 0.0586. The summed E-state index contributed by atoms with van der Waals surface area (Å²) in [6, 6.07) is 42.7. The van der Waals surface area contributed by atoms with Crippen LogP contribution in [-0.4, -0.2) is 4.98 Å². The van der Waals surface area contributed by atoms with Crippen molar-refractivity contribution in [3.63, 3.8) is 0 Å². The van der Waals surface area contributed by atoms with Crippen molar-refractivity contribution < 1.29 is 0 Å². The van der Waals surface area contributed by atoms with Crippen LogP contribution in [-0.2, 0) is 10.8 Å². The van der Waals surface area contributed by atoms with Gasteiger partial charge in [-0.15, -0.1) is 11.3 Å². The van der Waals surface area contributed by atoms with E-state index in [2.05, 4.69) is 156 Å². The SMILES string of the molecule is CC(C)(C)c1cc(-c2ccccc2-c2cccc3c2sc2c(-c4ccc(-c5cccnc5)cc4)cccc23)cc(C(C)(C)C)c1. The third-order valence-corrected chi connectivity index (χ3v) is 10.2. The number of thiophene rings is 1. The summed E-state index contributed by atoms with van der Waals surface area (Å²) in [5.41, 5.74) is 12.8. The van der Waals surface area contributed by atoms with Crippen LogP contribution in [0, 0.1) is 0 Å². The molecule has 0 amide bonds. The van der Waals surface area contributed by atoms with Gasteiger partial charge >= 0.3 is 0 Å². The van der Waals surface area contributed by atoms with E-state index >= 15 is 0 Å². The third-order valence-electron chi connectivity index (χ3n) is 8.91. The molecule has 45 heavy (non-hydrogen) atoms. The predicted molar refractivity (Wildman–Crippen MR) is 196 cm³/mol. The van der Waals surface area contributed by atoms with Gasteiger partial charge in [0, 0.05) is 38.1 Å². The molecule has 0 N–H and O–H groups in total. The summed E-state index contributed by atoms with van der Waals surface area (Å²) >= 11 is 1.91. The predicted octanol–water partition coefficient (Wildman–Crippen LogP) is 12.7. The molecule has 1 nitrogen and oxygen atoms in total. The van der Waals surface area contributed by atoms with Crippen LogP contribution in [0.25, 0.3) is 64.7 Å². The average Bonchev–Trinajstić information content (AvgIpc) is 3.43. The Kier molecular flexibility index (Phi) is 7.22. The van der Waals surface area contributed by atoms with E-state index in [-0.39, 0.29) is 10.8 Å². The summed E-state index contributed by atoms with van der Waals surface area (Å²) in [7, 11) is 0. The van der Waals surface area contributed by atoms with Gasteiger partial charge in [0.2, 0.25) is 0 Å². The molecule has 0 atom stereocenters. The lowest BCUT2D eigenvalue weighted by Gasteiger charge is -2.26. The third kappa shape index (κ3) is 5.49. The van der Waals surface area contributed by atoms with E-state index in [1.54, 1.807) is 0 Å². The second kappa shape index (κ2) is 11.1. The highest BCUT2D eigenvalue weighted by molar-refractivity contribution is 7.26. The fourth-order valence-electron chi connectivity index (χ4n) is 6.25. The van der Waals surface area contributed by atoms with Crippen molar-refractivity contribution in [3.05, 3.63) is 139 Å². The molecule has 0 aliphatic rings. The summed E-state index contributed by atoms with van der Waals surface area (Å²) in [5, 5.41) is 2.63. The Labute approximate surface area is 271 Å². The molecule has 2 heteroatoms. The maximum atomic E-state index is 4.30. The van der Waals surface area contributed by atoms with Crippen molar-refractivity contribution in [2.24, 2.45) is 0 Å². The van der Waals surface area contributed by atoms with Crippen molar-refractivity contribution >= 4 is 31.5 Å². The monoisotopic (exact) mass is 601 g/mol. The number of nitrogens with zero attached hydrogens (tertiary/aromatic N) is 1. The van der Waals surface area contributed by atoms with Gasteiger partial charge in [-0.25, -0.2) is 0 Å². The van der Waals surface area contributed by atoms with Gasteiger partial charge in [-0.05, 0) is 67.0 Å². The number of rotatable bonds is 4. The van der Waals surface area contributed by atoms with Crippen LogP contribution in [0.1, 0.15) is 52.7 Å². The first-order valence-electron chi connectivity index (χ1n) is 15.8. The Morgan fingerprint density at radius 3 is 1.60 bits per heavy atom. The van der Waals surface area contributed by atoms with E-state index in [9.17, 15) is 0 Å². The molecule has 0 bridgehead atoms. The van der Waals surface area contributed by atoms with Crippen LogP contribution in [0.4, 0.5) is 0 Å². The highest BCUT2D eigenvalue weighted by atomic mass is 32.1. The van der Waals surface area contributed by atoms with Crippen LogP contribution >= 0.6 is 11.3 Å². The Bertz CT molecular complexity index is 2120.